The van der Waals surface area contributed by atoms with Crippen molar-refractivity contribution in [2.24, 2.45) is 16.8 Å². The Balaban J connectivity index is 0.972. The van der Waals surface area contributed by atoms with Gasteiger partial charge < -0.3 is 14.5 Å². The molecule has 1 fully saturated rings. The second-order valence-electron chi connectivity index (χ2n) is 19.9. The average Bonchev–Trinajstić information content (AvgIpc) is 3.75. The van der Waals surface area contributed by atoms with Gasteiger partial charge in [-0.1, -0.05) is 207 Å². The molecule has 4 nitrogen and oxygen atoms in total. The first kappa shape index (κ1) is 40.9. The average molecular weight is 921 g/mol. The molecule has 4 unspecified atom stereocenters. The van der Waals surface area contributed by atoms with Crippen LogP contribution in [0.2, 0.25) is 0 Å². The molecule has 0 spiro atoms. The van der Waals surface area contributed by atoms with Crippen LogP contribution in [-0.2, 0) is 5.54 Å². The van der Waals surface area contributed by atoms with Crippen LogP contribution in [0.4, 0.5) is 0 Å². The number of aliphatic imine (C=N–C) groups is 1. The summed E-state index contributed by atoms with van der Waals surface area (Å²) >= 11 is 0. The lowest BCUT2D eigenvalue weighted by Gasteiger charge is -2.31. The fourth-order valence-electron chi connectivity index (χ4n) is 12.9. The topological polar surface area (TPSA) is 34.2 Å². The van der Waals surface area contributed by atoms with E-state index in [9.17, 15) is 0 Å². The lowest BCUT2D eigenvalue weighted by atomic mass is 9.91. The number of aromatic nitrogens is 2. The SMILES string of the molecule is CC1C2C(c3cc(-n4c5ccccc5c5cc6c7c8ccccc8c(-c8ccccc8)cc7n(-c7ccccc7)c6cc54)c4ccccc4c3)NC(c3ccc(-c4ccccc4)cc3)=NC12c1ccccc1. The van der Waals surface area contributed by atoms with E-state index >= 15 is 0 Å². The number of hydrogen-bond acceptors (Lipinski definition) is 2. The highest BCUT2D eigenvalue weighted by atomic mass is 15.2. The van der Waals surface area contributed by atoms with Gasteiger partial charge in [0.15, 0.2) is 0 Å². The van der Waals surface area contributed by atoms with Gasteiger partial charge in [-0.2, -0.15) is 0 Å². The maximum atomic E-state index is 5.72. The van der Waals surface area contributed by atoms with E-state index in [1.165, 1.54) is 104 Å². The van der Waals surface area contributed by atoms with Crippen molar-refractivity contribution in [3.63, 3.8) is 0 Å². The summed E-state index contributed by atoms with van der Waals surface area (Å²) in [7, 11) is 0. The lowest BCUT2D eigenvalue weighted by Crippen LogP contribution is -2.37. The highest BCUT2D eigenvalue weighted by molar-refractivity contribution is 6.27. The van der Waals surface area contributed by atoms with Gasteiger partial charge in [0, 0.05) is 44.1 Å². The van der Waals surface area contributed by atoms with Gasteiger partial charge in [-0.3, -0.25) is 4.99 Å². The molecule has 0 bridgehead atoms. The Labute approximate surface area is 417 Å². The molecule has 0 amide bonds. The van der Waals surface area contributed by atoms with E-state index in [2.05, 4.69) is 270 Å². The van der Waals surface area contributed by atoms with Crippen LogP contribution >= 0.6 is 0 Å². The van der Waals surface area contributed by atoms with Crippen molar-refractivity contribution >= 4 is 71.0 Å². The molecule has 11 aromatic carbocycles. The summed E-state index contributed by atoms with van der Waals surface area (Å²) in [6.45, 7) is 2.40. The van der Waals surface area contributed by atoms with Crippen molar-refractivity contribution in [1.82, 2.24) is 14.5 Å². The predicted molar refractivity (Wildman–Crippen MR) is 301 cm³/mol. The quantitative estimate of drug-likeness (QED) is 0.170. The van der Waals surface area contributed by atoms with Crippen LogP contribution in [0.3, 0.4) is 0 Å². The molecule has 1 aliphatic carbocycles. The Morgan fingerprint density at radius 3 is 1.75 bits per heavy atom. The predicted octanol–water partition coefficient (Wildman–Crippen LogP) is 16.8. The fourth-order valence-corrected chi connectivity index (χ4v) is 12.9. The summed E-state index contributed by atoms with van der Waals surface area (Å²) in [4.78, 5) is 5.72. The number of rotatable bonds is 7. The molecule has 0 radical (unpaired) electrons. The normalized spacial score (nSPS) is 18.5. The van der Waals surface area contributed by atoms with E-state index in [0.29, 0.717) is 5.92 Å². The van der Waals surface area contributed by atoms with E-state index in [0.717, 1.165) is 17.1 Å². The van der Waals surface area contributed by atoms with Crippen LogP contribution in [0.5, 0.6) is 0 Å². The second-order valence-corrected chi connectivity index (χ2v) is 19.9. The summed E-state index contributed by atoms with van der Waals surface area (Å²) in [6.07, 6.45) is 0. The minimum Gasteiger partial charge on any atom is -0.363 e. The summed E-state index contributed by atoms with van der Waals surface area (Å²) < 4.78 is 5.05. The Bertz CT molecular complexity index is 4300. The van der Waals surface area contributed by atoms with Crippen LogP contribution in [0.25, 0.3) is 98.8 Å². The van der Waals surface area contributed by atoms with Crippen molar-refractivity contribution in [2.45, 2.75) is 18.5 Å². The zero-order valence-electron chi connectivity index (χ0n) is 39.7. The molecular formula is C68H48N4. The molecule has 1 aliphatic heterocycles. The van der Waals surface area contributed by atoms with Crippen molar-refractivity contribution < 1.29 is 0 Å². The number of nitrogens with one attached hydrogen (secondary N) is 1. The third kappa shape index (κ3) is 6.02. The summed E-state index contributed by atoms with van der Waals surface area (Å²) in [5.74, 6) is 1.50. The van der Waals surface area contributed by atoms with Gasteiger partial charge in [0.1, 0.15) is 5.84 Å². The first-order chi connectivity index (χ1) is 35.6. The molecule has 2 aliphatic rings. The number of fused-ring (bicyclic) bond motifs is 10. The summed E-state index contributed by atoms with van der Waals surface area (Å²) in [5.41, 5.74) is 15.2. The molecule has 4 heteroatoms. The molecule has 0 saturated heterocycles. The first-order valence-electron chi connectivity index (χ1n) is 25.3. The van der Waals surface area contributed by atoms with Crippen LogP contribution < -0.4 is 5.32 Å². The van der Waals surface area contributed by atoms with Crippen molar-refractivity contribution in [2.75, 3.05) is 0 Å². The Hall–Kier alpha value is -8.99. The van der Waals surface area contributed by atoms with Crippen molar-refractivity contribution in [3.05, 3.63) is 265 Å². The van der Waals surface area contributed by atoms with Gasteiger partial charge in [0.25, 0.3) is 0 Å². The molecule has 3 heterocycles. The molecule has 1 saturated carbocycles. The third-order valence-corrected chi connectivity index (χ3v) is 16.2. The second kappa shape index (κ2) is 15.8. The van der Waals surface area contributed by atoms with Crippen LogP contribution in [0.1, 0.15) is 29.7 Å². The molecule has 4 atom stereocenters. The number of hydrogen-bond donors (Lipinski definition) is 1. The minimum atomic E-state index is -0.357. The van der Waals surface area contributed by atoms with E-state index in [-0.39, 0.29) is 17.5 Å². The number of para-hydroxylation sites is 2. The van der Waals surface area contributed by atoms with E-state index < -0.39 is 0 Å². The van der Waals surface area contributed by atoms with Gasteiger partial charge in [-0.05, 0) is 104 Å². The zero-order valence-corrected chi connectivity index (χ0v) is 39.7. The standard InChI is InChI=1S/C68H48N4/c1-43-65-66(69-67(70-68(43,65)50-25-10-4-11-26-50)47-36-34-45(35-37-47)44-20-6-2-7-21-44)49-38-48-24-14-15-29-52(48)60(39-49)72-59-33-19-18-31-54(59)57-40-58-62(42-61(57)72)71(51-27-12-5-13-28-51)63-41-56(46-22-8-3-9-23-46)53-30-16-17-32-55(53)64(58)63/h2-43,65-66H,1H3,(H,69,70). The van der Waals surface area contributed by atoms with Crippen LogP contribution in [0, 0.1) is 11.8 Å². The van der Waals surface area contributed by atoms with E-state index in [1.807, 2.05) is 0 Å². The van der Waals surface area contributed by atoms with Gasteiger partial charge >= 0.3 is 0 Å². The molecule has 15 rings (SSSR count). The zero-order chi connectivity index (χ0) is 47.5. The summed E-state index contributed by atoms with van der Waals surface area (Å²) in [6, 6.07) is 91.6. The highest BCUT2D eigenvalue weighted by Crippen LogP contribution is 2.67. The lowest BCUT2D eigenvalue weighted by molar-refractivity contribution is 0.471. The Morgan fingerprint density at radius 2 is 1.00 bits per heavy atom. The number of nitrogens with zero attached hydrogens (tertiary/aromatic N) is 3. The van der Waals surface area contributed by atoms with Gasteiger partial charge in [0.2, 0.25) is 0 Å². The fraction of sp³-hybridized carbons (Fsp3) is 0.0735. The smallest absolute Gasteiger partial charge is 0.129 e. The maximum Gasteiger partial charge on any atom is 0.129 e. The molecule has 340 valence electrons. The molecule has 13 aromatic rings. The maximum absolute atomic E-state index is 5.72. The Morgan fingerprint density at radius 1 is 0.417 bits per heavy atom. The van der Waals surface area contributed by atoms with Crippen LogP contribution in [0.15, 0.2) is 254 Å². The highest BCUT2D eigenvalue weighted by Gasteiger charge is 2.68. The molecular weight excluding hydrogens is 873 g/mol. The van der Waals surface area contributed by atoms with E-state index in [1.54, 1.807) is 0 Å². The molecule has 72 heavy (non-hydrogen) atoms. The van der Waals surface area contributed by atoms with Gasteiger partial charge in [-0.25, -0.2) is 0 Å². The third-order valence-electron chi connectivity index (χ3n) is 16.2. The van der Waals surface area contributed by atoms with Crippen molar-refractivity contribution in [3.8, 4) is 33.6 Å². The number of benzene rings is 11. The monoisotopic (exact) mass is 920 g/mol. The van der Waals surface area contributed by atoms with Crippen molar-refractivity contribution in [1.29, 1.82) is 0 Å². The molecule has 2 aromatic heterocycles. The van der Waals surface area contributed by atoms with Gasteiger partial charge in [0.05, 0.1) is 39.3 Å². The first-order valence-corrected chi connectivity index (χ1v) is 25.3. The largest absolute Gasteiger partial charge is 0.363 e. The number of amidine groups is 1. The van der Waals surface area contributed by atoms with Crippen LogP contribution in [-0.4, -0.2) is 15.0 Å². The minimum absolute atomic E-state index is 0.00244. The molecule has 1 N–H and O–H groups in total. The Kier molecular flexibility index (Phi) is 8.94. The summed E-state index contributed by atoms with van der Waals surface area (Å²) in [5, 5.41) is 14.0. The van der Waals surface area contributed by atoms with E-state index in [4.69, 9.17) is 4.99 Å². The van der Waals surface area contributed by atoms with Gasteiger partial charge in [-0.15, -0.1) is 0 Å².